The summed E-state index contributed by atoms with van der Waals surface area (Å²) in [6.07, 6.45) is 0.974. The van der Waals surface area contributed by atoms with Gasteiger partial charge in [-0.05, 0) is 37.1 Å². The lowest BCUT2D eigenvalue weighted by Crippen LogP contribution is -2.26. The average Bonchev–Trinajstić information content (AvgIpc) is 2.32. The molecule has 1 aromatic carbocycles. The molecule has 0 fully saturated rings. The van der Waals surface area contributed by atoms with Crippen LogP contribution in [0.15, 0.2) is 18.2 Å². The minimum atomic E-state index is 0.750. The predicted molar refractivity (Wildman–Crippen MR) is 70.0 cm³/mol. The molecule has 16 heavy (non-hydrogen) atoms. The van der Waals surface area contributed by atoms with Crippen molar-refractivity contribution in [3.05, 3.63) is 23.8 Å². The third-order valence-corrected chi connectivity index (χ3v) is 2.82. The summed E-state index contributed by atoms with van der Waals surface area (Å²) in [6.45, 7) is 6.93. The Labute approximate surface area is 98.2 Å². The normalized spacial score (nSPS) is 10.4. The minimum Gasteiger partial charge on any atom is -0.399 e. The Morgan fingerprint density at radius 1 is 1.31 bits per heavy atom. The highest BCUT2D eigenvalue weighted by Crippen LogP contribution is 2.21. The summed E-state index contributed by atoms with van der Waals surface area (Å²) in [7, 11) is 1.73. The van der Waals surface area contributed by atoms with Crippen LogP contribution in [0.2, 0.25) is 0 Å². The van der Waals surface area contributed by atoms with E-state index in [9.17, 15) is 0 Å². The number of benzene rings is 1. The smallest absolute Gasteiger partial charge is 0.0637 e. The molecular weight excluding hydrogens is 200 g/mol. The van der Waals surface area contributed by atoms with Crippen molar-refractivity contribution in [2.75, 3.05) is 37.4 Å². The standard InChI is InChI=1S/C13H22N2O/c1-4-11-10-12(6-7-13(11)14)15(5-2)8-9-16-3/h6-7,10H,4-5,8-9,14H2,1-3H3. The summed E-state index contributed by atoms with van der Waals surface area (Å²) in [5, 5.41) is 0. The molecule has 2 N–H and O–H groups in total. The predicted octanol–water partition coefficient (Wildman–Crippen LogP) is 2.30. The van der Waals surface area contributed by atoms with Gasteiger partial charge < -0.3 is 15.4 Å². The van der Waals surface area contributed by atoms with Gasteiger partial charge in [0.1, 0.15) is 0 Å². The van der Waals surface area contributed by atoms with E-state index in [-0.39, 0.29) is 0 Å². The van der Waals surface area contributed by atoms with Gasteiger partial charge in [0, 0.05) is 31.6 Å². The molecule has 1 rings (SSSR count). The van der Waals surface area contributed by atoms with Gasteiger partial charge >= 0.3 is 0 Å². The lowest BCUT2D eigenvalue weighted by molar-refractivity contribution is 0.205. The number of aryl methyl sites for hydroxylation is 1. The summed E-state index contributed by atoms with van der Waals surface area (Å²) in [6, 6.07) is 6.24. The van der Waals surface area contributed by atoms with Crippen LogP contribution in [0.4, 0.5) is 11.4 Å². The van der Waals surface area contributed by atoms with E-state index in [1.807, 2.05) is 6.07 Å². The Bertz CT molecular complexity index is 326. The van der Waals surface area contributed by atoms with E-state index in [0.717, 1.165) is 31.8 Å². The van der Waals surface area contributed by atoms with Crippen molar-refractivity contribution in [2.24, 2.45) is 0 Å². The van der Waals surface area contributed by atoms with E-state index < -0.39 is 0 Å². The zero-order valence-electron chi connectivity index (χ0n) is 10.5. The number of likely N-dealkylation sites (N-methyl/N-ethyl adjacent to an activating group) is 1. The van der Waals surface area contributed by atoms with Crippen LogP contribution in [0.1, 0.15) is 19.4 Å². The van der Waals surface area contributed by atoms with E-state index in [4.69, 9.17) is 10.5 Å². The van der Waals surface area contributed by atoms with E-state index >= 15 is 0 Å². The molecule has 0 unspecified atom stereocenters. The van der Waals surface area contributed by atoms with E-state index in [1.54, 1.807) is 7.11 Å². The van der Waals surface area contributed by atoms with Crippen LogP contribution in [-0.4, -0.2) is 26.8 Å². The Hall–Kier alpha value is -1.22. The minimum absolute atomic E-state index is 0.750. The van der Waals surface area contributed by atoms with Crippen LogP contribution in [-0.2, 0) is 11.2 Å². The number of nitrogen functional groups attached to an aromatic ring is 1. The van der Waals surface area contributed by atoms with Crippen LogP contribution < -0.4 is 10.6 Å². The number of hydrogen-bond acceptors (Lipinski definition) is 3. The molecule has 0 bridgehead atoms. The van der Waals surface area contributed by atoms with E-state index in [2.05, 4.69) is 30.9 Å². The van der Waals surface area contributed by atoms with Gasteiger partial charge in [0.25, 0.3) is 0 Å². The SMILES string of the molecule is CCc1cc(N(CC)CCOC)ccc1N. The number of nitrogens with zero attached hydrogens (tertiary/aromatic N) is 1. The first-order valence-corrected chi connectivity index (χ1v) is 5.85. The van der Waals surface area contributed by atoms with Crippen molar-refractivity contribution in [3.63, 3.8) is 0 Å². The van der Waals surface area contributed by atoms with Crippen LogP contribution in [0, 0.1) is 0 Å². The molecule has 0 aliphatic carbocycles. The fourth-order valence-corrected chi connectivity index (χ4v) is 1.77. The molecule has 90 valence electrons. The number of rotatable bonds is 6. The summed E-state index contributed by atoms with van der Waals surface area (Å²) < 4.78 is 5.11. The molecule has 0 atom stereocenters. The second-order valence-electron chi connectivity index (χ2n) is 3.81. The molecule has 0 radical (unpaired) electrons. The van der Waals surface area contributed by atoms with E-state index in [0.29, 0.717) is 0 Å². The van der Waals surface area contributed by atoms with Gasteiger partial charge in [0.2, 0.25) is 0 Å². The highest BCUT2D eigenvalue weighted by molar-refractivity contribution is 5.58. The first-order valence-electron chi connectivity index (χ1n) is 5.85. The zero-order valence-corrected chi connectivity index (χ0v) is 10.5. The van der Waals surface area contributed by atoms with Crippen molar-refractivity contribution in [1.82, 2.24) is 0 Å². The zero-order chi connectivity index (χ0) is 12.0. The Morgan fingerprint density at radius 3 is 2.62 bits per heavy atom. The average molecular weight is 222 g/mol. The molecule has 0 amide bonds. The maximum absolute atomic E-state index is 5.90. The third-order valence-electron chi connectivity index (χ3n) is 2.82. The van der Waals surface area contributed by atoms with Gasteiger partial charge in [-0.3, -0.25) is 0 Å². The Balaban J connectivity index is 2.83. The molecule has 3 nitrogen and oxygen atoms in total. The van der Waals surface area contributed by atoms with Crippen molar-refractivity contribution in [1.29, 1.82) is 0 Å². The lowest BCUT2D eigenvalue weighted by atomic mass is 10.1. The highest BCUT2D eigenvalue weighted by Gasteiger charge is 2.06. The van der Waals surface area contributed by atoms with Gasteiger partial charge in [0.15, 0.2) is 0 Å². The molecule has 0 saturated heterocycles. The second-order valence-corrected chi connectivity index (χ2v) is 3.81. The number of anilines is 2. The Morgan fingerprint density at radius 2 is 2.06 bits per heavy atom. The molecular formula is C13H22N2O. The van der Waals surface area contributed by atoms with Crippen molar-refractivity contribution in [2.45, 2.75) is 20.3 Å². The van der Waals surface area contributed by atoms with Gasteiger partial charge in [0.05, 0.1) is 6.61 Å². The van der Waals surface area contributed by atoms with E-state index in [1.165, 1.54) is 11.3 Å². The first kappa shape index (κ1) is 12.8. The first-order chi connectivity index (χ1) is 7.72. The molecule has 0 saturated carbocycles. The molecule has 0 aromatic heterocycles. The fourth-order valence-electron chi connectivity index (χ4n) is 1.77. The van der Waals surface area contributed by atoms with Crippen molar-refractivity contribution in [3.8, 4) is 0 Å². The van der Waals surface area contributed by atoms with Gasteiger partial charge in [-0.25, -0.2) is 0 Å². The lowest BCUT2D eigenvalue weighted by Gasteiger charge is -2.23. The van der Waals surface area contributed by atoms with Crippen LogP contribution >= 0.6 is 0 Å². The third kappa shape index (κ3) is 3.14. The number of hydrogen-bond donors (Lipinski definition) is 1. The topological polar surface area (TPSA) is 38.5 Å². The second kappa shape index (κ2) is 6.38. The van der Waals surface area contributed by atoms with Gasteiger partial charge in [-0.2, -0.15) is 0 Å². The molecule has 0 spiro atoms. The number of nitrogens with two attached hydrogens (primary N) is 1. The molecule has 0 heterocycles. The highest BCUT2D eigenvalue weighted by atomic mass is 16.5. The number of methoxy groups -OCH3 is 1. The summed E-state index contributed by atoms with van der Waals surface area (Å²) >= 11 is 0. The summed E-state index contributed by atoms with van der Waals surface area (Å²) in [5.41, 5.74) is 9.23. The van der Waals surface area contributed by atoms with Crippen LogP contribution in [0.25, 0.3) is 0 Å². The Kier molecular flexibility index (Phi) is 5.12. The maximum atomic E-state index is 5.90. The quantitative estimate of drug-likeness (QED) is 0.751. The molecule has 0 aliphatic rings. The molecule has 1 aromatic rings. The molecule has 0 aliphatic heterocycles. The maximum Gasteiger partial charge on any atom is 0.0637 e. The van der Waals surface area contributed by atoms with Crippen LogP contribution in [0.3, 0.4) is 0 Å². The number of ether oxygens (including phenoxy) is 1. The summed E-state index contributed by atoms with van der Waals surface area (Å²) in [4.78, 5) is 2.29. The monoisotopic (exact) mass is 222 g/mol. The van der Waals surface area contributed by atoms with Crippen LogP contribution in [0.5, 0.6) is 0 Å². The van der Waals surface area contributed by atoms with Gasteiger partial charge in [-0.15, -0.1) is 0 Å². The fraction of sp³-hybridized carbons (Fsp3) is 0.538. The van der Waals surface area contributed by atoms with Crippen molar-refractivity contribution >= 4 is 11.4 Å². The largest absolute Gasteiger partial charge is 0.399 e. The summed E-state index contributed by atoms with van der Waals surface area (Å²) in [5.74, 6) is 0. The van der Waals surface area contributed by atoms with Crippen molar-refractivity contribution < 1.29 is 4.74 Å². The molecule has 3 heteroatoms. The van der Waals surface area contributed by atoms with Gasteiger partial charge in [-0.1, -0.05) is 6.92 Å².